The fourth-order valence-electron chi connectivity index (χ4n) is 1.55. The van der Waals surface area contributed by atoms with E-state index in [4.69, 9.17) is 26.2 Å². The number of nitrogens with zero attached hydrogens (tertiary/aromatic N) is 1. The Balaban J connectivity index is 3.41. The summed E-state index contributed by atoms with van der Waals surface area (Å²) in [4.78, 5) is 10.7. The van der Waals surface area contributed by atoms with Crippen molar-refractivity contribution < 1.29 is 27.8 Å². The van der Waals surface area contributed by atoms with Crippen LogP contribution in [0.1, 0.15) is 6.92 Å². The highest BCUT2D eigenvalue weighted by molar-refractivity contribution is 7.89. The zero-order valence-electron chi connectivity index (χ0n) is 12.0. The SMILES string of the molecule is COc1cc(Cl)c(S(=O)(=O)N(C)C(C)C(=O)O)cc1OC. The molecule has 9 heteroatoms. The van der Waals surface area contributed by atoms with E-state index in [0.29, 0.717) is 0 Å². The van der Waals surface area contributed by atoms with Crippen molar-refractivity contribution in [2.45, 2.75) is 17.9 Å². The second-order valence-corrected chi connectivity index (χ2v) is 6.55. The molecule has 1 aromatic rings. The molecule has 0 saturated heterocycles. The van der Waals surface area contributed by atoms with E-state index in [1.54, 1.807) is 0 Å². The number of carboxylic acids is 1. The average molecular weight is 338 g/mol. The molecule has 0 amide bonds. The lowest BCUT2D eigenvalue weighted by molar-refractivity contribution is -0.140. The van der Waals surface area contributed by atoms with Gasteiger partial charge in [-0.1, -0.05) is 11.6 Å². The lowest BCUT2D eigenvalue weighted by atomic mass is 10.3. The van der Waals surface area contributed by atoms with E-state index >= 15 is 0 Å². The molecule has 0 aromatic heterocycles. The molecule has 1 N–H and O–H groups in total. The van der Waals surface area contributed by atoms with Gasteiger partial charge in [0.1, 0.15) is 10.9 Å². The van der Waals surface area contributed by atoms with Gasteiger partial charge in [0.2, 0.25) is 10.0 Å². The van der Waals surface area contributed by atoms with Crippen molar-refractivity contribution in [2.24, 2.45) is 0 Å². The number of hydrogen-bond acceptors (Lipinski definition) is 5. The van der Waals surface area contributed by atoms with Crippen LogP contribution in [0.4, 0.5) is 0 Å². The number of aliphatic carboxylic acids is 1. The third-order valence-corrected chi connectivity index (χ3v) is 5.39. The van der Waals surface area contributed by atoms with E-state index in [-0.39, 0.29) is 21.4 Å². The maximum absolute atomic E-state index is 12.4. The largest absolute Gasteiger partial charge is 0.493 e. The van der Waals surface area contributed by atoms with E-state index < -0.39 is 22.0 Å². The highest BCUT2D eigenvalue weighted by Gasteiger charge is 2.32. The Hall–Kier alpha value is -1.51. The Kier molecular flexibility index (Phi) is 5.43. The molecule has 0 spiro atoms. The third-order valence-electron chi connectivity index (χ3n) is 3.00. The summed E-state index contributed by atoms with van der Waals surface area (Å²) in [6.07, 6.45) is 0. The Bertz CT molecular complexity index is 645. The molecule has 0 radical (unpaired) electrons. The fourth-order valence-corrected chi connectivity index (χ4v) is 3.38. The number of rotatable bonds is 6. The standard InChI is InChI=1S/C12H16ClNO6S/c1-7(12(15)16)14(2)21(17,18)11-6-10(20-4)9(19-3)5-8(11)13/h5-7H,1-4H3,(H,15,16). The van der Waals surface area contributed by atoms with E-state index in [1.807, 2.05) is 0 Å². The van der Waals surface area contributed by atoms with Crippen LogP contribution in [0.2, 0.25) is 5.02 Å². The van der Waals surface area contributed by atoms with Gasteiger partial charge in [-0.2, -0.15) is 4.31 Å². The van der Waals surface area contributed by atoms with Gasteiger partial charge in [-0.05, 0) is 6.92 Å². The first-order chi connectivity index (χ1) is 9.66. The summed E-state index contributed by atoms with van der Waals surface area (Å²) in [6.45, 7) is 1.26. The first-order valence-corrected chi connectivity index (χ1v) is 7.61. The van der Waals surface area contributed by atoms with Crippen molar-refractivity contribution in [2.75, 3.05) is 21.3 Å². The summed E-state index contributed by atoms with van der Waals surface area (Å²) in [5, 5.41) is 8.85. The molecule has 7 nitrogen and oxygen atoms in total. The van der Waals surface area contributed by atoms with E-state index in [9.17, 15) is 13.2 Å². The highest BCUT2D eigenvalue weighted by Crippen LogP contribution is 2.36. The quantitative estimate of drug-likeness (QED) is 0.844. The van der Waals surface area contributed by atoms with Crippen LogP contribution in [0, 0.1) is 0 Å². The van der Waals surface area contributed by atoms with Gasteiger partial charge in [0, 0.05) is 19.2 Å². The van der Waals surface area contributed by atoms with Gasteiger partial charge in [-0.25, -0.2) is 8.42 Å². The number of halogens is 1. The summed E-state index contributed by atoms with van der Waals surface area (Å²) < 4.78 is 35.7. The Morgan fingerprint density at radius 1 is 1.29 bits per heavy atom. The predicted molar refractivity (Wildman–Crippen MR) is 76.6 cm³/mol. The number of methoxy groups -OCH3 is 2. The Morgan fingerprint density at radius 3 is 2.19 bits per heavy atom. The maximum Gasteiger partial charge on any atom is 0.321 e. The van der Waals surface area contributed by atoms with Crippen LogP contribution in [-0.2, 0) is 14.8 Å². The fraction of sp³-hybridized carbons (Fsp3) is 0.417. The highest BCUT2D eigenvalue weighted by atomic mass is 35.5. The van der Waals surface area contributed by atoms with E-state index in [2.05, 4.69) is 0 Å². The van der Waals surface area contributed by atoms with Crippen LogP contribution in [0.25, 0.3) is 0 Å². The summed E-state index contributed by atoms with van der Waals surface area (Å²) in [7, 11) is -0.176. The predicted octanol–water partition coefficient (Wildman–Crippen LogP) is 1.45. The zero-order valence-corrected chi connectivity index (χ0v) is 13.5. The molecular formula is C12H16ClNO6S. The maximum atomic E-state index is 12.4. The van der Waals surface area contributed by atoms with Gasteiger partial charge in [-0.3, -0.25) is 4.79 Å². The van der Waals surface area contributed by atoms with Crippen molar-refractivity contribution in [3.63, 3.8) is 0 Å². The Morgan fingerprint density at radius 2 is 1.76 bits per heavy atom. The molecule has 21 heavy (non-hydrogen) atoms. The van der Waals surface area contributed by atoms with Crippen LogP contribution in [0.3, 0.4) is 0 Å². The molecule has 1 aromatic carbocycles. The second kappa shape index (κ2) is 6.50. The van der Waals surface area contributed by atoms with Crippen molar-refractivity contribution in [3.8, 4) is 11.5 Å². The van der Waals surface area contributed by atoms with E-state index in [1.165, 1.54) is 40.3 Å². The van der Waals surface area contributed by atoms with Crippen LogP contribution < -0.4 is 9.47 Å². The summed E-state index contributed by atoms with van der Waals surface area (Å²) in [5.74, 6) is -0.815. The monoisotopic (exact) mass is 337 g/mol. The smallest absolute Gasteiger partial charge is 0.321 e. The lowest BCUT2D eigenvalue weighted by Crippen LogP contribution is -2.40. The van der Waals surface area contributed by atoms with Crippen LogP contribution in [0.5, 0.6) is 11.5 Å². The molecule has 0 aliphatic carbocycles. The molecule has 0 saturated carbocycles. The van der Waals surface area contributed by atoms with Crippen LogP contribution in [-0.4, -0.2) is 51.1 Å². The first-order valence-electron chi connectivity index (χ1n) is 5.79. The minimum atomic E-state index is -4.09. The minimum Gasteiger partial charge on any atom is -0.493 e. The molecule has 0 aliphatic heterocycles. The summed E-state index contributed by atoms with van der Waals surface area (Å²) in [6, 6.07) is 1.26. The normalized spacial score (nSPS) is 13.0. The Labute approximate surface area is 128 Å². The molecule has 0 heterocycles. The molecule has 1 unspecified atom stereocenters. The molecule has 1 atom stereocenters. The number of hydrogen-bond donors (Lipinski definition) is 1. The molecule has 118 valence electrons. The van der Waals surface area contributed by atoms with Gasteiger partial charge in [-0.15, -0.1) is 0 Å². The van der Waals surface area contributed by atoms with Crippen molar-refractivity contribution in [1.82, 2.24) is 4.31 Å². The number of carboxylic acid groups (broad SMARTS) is 1. The molecule has 1 rings (SSSR count). The molecule has 0 fully saturated rings. The molecule has 0 aliphatic rings. The zero-order chi connectivity index (χ0) is 16.4. The van der Waals surface area contributed by atoms with Gasteiger partial charge in [0.25, 0.3) is 0 Å². The minimum absolute atomic E-state index is 0.0860. The number of likely N-dealkylation sites (N-methyl/N-ethyl adjacent to an activating group) is 1. The van der Waals surface area contributed by atoms with Crippen molar-refractivity contribution >= 4 is 27.6 Å². The van der Waals surface area contributed by atoms with Gasteiger partial charge < -0.3 is 14.6 Å². The third kappa shape index (κ3) is 3.39. The van der Waals surface area contributed by atoms with Crippen LogP contribution >= 0.6 is 11.6 Å². The summed E-state index contributed by atoms with van der Waals surface area (Å²) in [5.41, 5.74) is 0. The van der Waals surface area contributed by atoms with Crippen LogP contribution in [0.15, 0.2) is 17.0 Å². The van der Waals surface area contributed by atoms with Crippen molar-refractivity contribution in [1.29, 1.82) is 0 Å². The van der Waals surface area contributed by atoms with Gasteiger partial charge in [0.05, 0.1) is 19.2 Å². The van der Waals surface area contributed by atoms with E-state index in [0.717, 1.165) is 4.31 Å². The first kappa shape index (κ1) is 17.5. The number of ether oxygens (including phenoxy) is 2. The van der Waals surface area contributed by atoms with Gasteiger partial charge in [0.15, 0.2) is 11.5 Å². The lowest BCUT2D eigenvalue weighted by Gasteiger charge is -2.22. The van der Waals surface area contributed by atoms with Crippen molar-refractivity contribution in [3.05, 3.63) is 17.2 Å². The average Bonchev–Trinajstić information content (AvgIpc) is 2.44. The molecular weight excluding hydrogens is 322 g/mol. The number of benzene rings is 1. The summed E-state index contributed by atoms with van der Waals surface area (Å²) >= 11 is 5.96. The molecule has 0 bridgehead atoms. The second-order valence-electron chi connectivity index (χ2n) is 4.17. The topological polar surface area (TPSA) is 93.1 Å². The van der Waals surface area contributed by atoms with Gasteiger partial charge >= 0.3 is 5.97 Å². The number of sulfonamides is 1. The number of carbonyl (C=O) groups is 1.